The molecule has 32 heavy (non-hydrogen) atoms. The minimum atomic E-state index is -0.573. The zero-order valence-corrected chi connectivity index (χ0v) is 20.1. The van der Waals surface area contributed by atoms with Crippen LogP contribution in [0.25, 0.3) is 0 Å². The molecule has 7 heteroatoms. The highest BCUT2D eigenvalue weighted by molar-refractivity contribution is 6.42. The van der Waals surface area contributed by atoms with E-state index in [0.29, 0.717) is 29.6 Å². The van der Waals surface area contributed by atoms with E-state index in [1.807, 2.05) is 56.7 Å². The number of carbonyl (C=O) groups excluding carboxylic acids is 1. The number of aromatic nitrogens is 2. The number of nitrogens with zero attached hydrogens (tertiary/aromatic N) is 3. The fourth-order valence-corrected chi connectivity index (χ4v) is 3.92. The summed E-state index contributed by atoms with van der Waals surface area (Å²) in [5.41, 5.74) is 9.37. The van der Waals surface area contributed by atoms with E-state index in [2.05, 4.69) is 21.7 Å². The maximum absolute atomic E-state index is 13.1. The third kappa shape index (κ3) is 6.35. The molecular weight excluding hydrogens is 443 g/mol. The van der Waals surface area contributed by atoms with E-state index >= 15 is 0 Å². The Bertz CT molecular complexity index is 1020. The summed E-state index contributed by atoms with van der Waals surface area (Å²) in [6.07, 6.45) is 5.30. The van der Waals surface area contributed by atoms with Gasteiger partial charge in [-0.2, -0.15) is 0 Å². The van der Waals surface area contributed by atoms with Gasteiger partial charge >= 0.3 is 0 Å². The molecule has 0 saturated heterocycles. The van der Waals surface area contributed by atoms with Crippen LogP contribution < -0.4 is 5.73 Å². The van der Waals surface area contributed by atoms with Crippen molar-refractivity contribution in [1.29, 1.82) is 0 Å². The topological polar surface area (TPSA) is 64.2 Å². The minimum Gasteiger partial charge on any atom is -0.337 e. The van der Waals surface area contributed by atoms with Gasteiger partial charge in [-0.3, -0.25) is 4.79 Å². The molecule has 170 valence electrons. The number of carbonyl (C=O) groups is 1. The van der Waals surface area contributed by atoms with Gasteiger partial charge in [0.1, 0.15) is 0 Å². The van der Waals surface area contributed by atoms with Gasteiger partial charge in [0.2, 0.25) is 5.91 Å². The van der Waals surface area contributed by atoms with Crippen LogP contribution in [0, 0.1) is 5.92 Å². The molecule has 0 spiro atoms. The van der Waals surface area contributed by atoms with Gasteiger partial charge in [-0.1, -0.05) is 79.5 Å². The minimum absolute atomic E-state index is 0.0382. The lowest BCUT2D eigenvalue weighted by Gasteiger charge is -2.28. The smallest absolute Gasteiger partial charge is 0.240 e. The molecule has 0 bridgehead atoms. The summed E-state index contributed by atoms with van der Waals surface area (Å²) < 4.78 is 2.14. The lowest BCUT2D eigenvalue weighted by atomic mass is 10.0. The van der Waals surface area contributed by atoms with Crippen molar-refractivity contribution in [1.82, 2.24) is 14.5 Å². The Morgan fingerprint density at radius 1 is 1.09 bits per heavy atom. The molecule has 2 aromatic carbocycles. The van der Waals surface area contributed by atoms with Crippen LogP contribution in [0.3, 0.4) is 0 Å². The molecule has 1 heterocycles. The van der Waals surface area contributed by atoms with Gasteiger partial charge in [-0.25, -0.2) is 4.98 Å². The lowest BCUT2D eigenvalue weighted by molar-refractivity contribution is -0.134. The van der Waals surface area contributed by atoms with Gasteiger partial charge in [0.25, 0.3) is 0 Å². The molecule has 0 radical (unpaired) electrons. The highest BCUT2D eigenvalue weighted by Crippen LogP contribution is 2.27. The fraction of sp³-hybridized carbons (Fsp3) is 0.360. The van der Waals surface area contributed by atoms with Crippen LogP contribution in [-0.2, 0) is 30.7 Å². The first kappa shape index (κ1) is 24.3. The van der Waals surface area contributed by atoms with Gasteiger partial charge < -0.3 is 15.2 Å². The first-order valence-electron chi connectivity index (χ1n) is 10.9. The predicted molar refractivity (Wildman–Crippen MR) is 131 cm³/mol. The average Bonchev–Trinajstić information content (AvgIpc) is 3.25. The van der Waals surface area contributed by atoms with E-state index in [1.54, 1.807) is 11.0 Å². The Hall–Kier alpha value is -2.34. The molecule has 1 amide bonds. The van der Waals surface area contributed by atoms with Crippen molar-refractivity contribution in [2.24, 2.45) is 11.7 Å². The Morgan fingerprint density at radius 2 is 1.84 bits per heavy atom. The number of hydrogen-bond donors (Lipinski definition) is 1. The molecule has 0 saturated carbocycles. The second-order valence-electron chi connectivity index (χ2n) is 8.31. The van der Waals surface area contributed by atoms with Crippen LogP contribution in [0.2, 0.25) is 10.0 Å². The normalized spacial score (nSPS) is 12.2. The van der Waals surface area contributed by atoms with Gasteiger partial charge in [0.05, 0.1) is 22.4 Å². The van der Waals surface area contributed by atoms with E-state index in [4.69, 9.17) is 28.9 Å². The van der Waals surface area contributed by atoms with Crippen LogP contribution >= 0.6 is 23.2 Å². The average molecular weight is 473 g/mol. The molecule has 0 unspecified atom stereocenters. The van der Waals surface area contributed by atoms with Crippen molar-refractivity contribution < 1.29 is 4.79 Å². The number of nitrogens with two attached hydrogens (primary N) is 1. The maximum Gasteiger partial charge on any atom is 0.240 e. The molecule has 5 nitrogen and oxygen atoms in total. The van der Waals surface area contributed by atoms with Gasteiger partial charge in [-0.05, 0) is 29.5 Å². The van der Waals surface area contributed by atoms with Crippen molar-refractivity contribution in [3.05, 3.63) is 87.9 Å². The summed E-state index contributed by atoms with van der Waals surface area (Å²) in [6.45, 7) is 5.60. The Kier molecular flexibility index (Phi) is 8.74. The fourth-order valence-electron chi connectivity index (χ4n) is 3.54. The predicted octanol–water partition coefficient (Wildman–Crippen LogP) is 4.99. The first-order chi connectivity index (χ1) is 15.4. The molecular formula is C25H30Cl2N4O. The summed E-state index contributed by atoms with van der Waals surface area (Å²) in [7, 11) is 0. The van der Waals surface area contributed by atoms with E-state index in [0.717, 1.165) is 24.2 Å². The van der Waals surface area contributed by atoms with Crippen molar-refractivity contribution in [2.75, 3.05) is 6.54 Å². The highest BCUT2D eigenvalue weighted by Gasteiger charge is 2.24. The van der Waals surface area contributed by atoms with Crippen LogP contribution in [0.4, 0.5) is 0 Å². The van der Waals surface area contributed by atoms with Crippen LogP contribution in [0.5, 0.6) is 0 Å². The summed E-state index contributed by atoms with van der Waals surface area (Å²) >= 11 is 12.6. The number of aryl methyl sites for hydroxylation is 2. The maximum atomic E-state index is 13.1. The van der Waals surface area contributed by atoms with Crippen molar-refractivity contribution >= 4 is 29.1 Å². The van der Waals surface area contributed by atoms with Crippen LogP contribution in [0.15, 0.2) is 61.1 Å². The Morgan fingerprint density at radius 3 is 2.56 bits per heavy atom. The second-order valence-corrected chi connectivity index (χ2v) is 9.09. The summed E-state index contributed by atoms with van der Waals surface area (Å²) in [4.78, 5) is 19.2. The molecule has 1 atom stereocenters. The number of rotatable bonds is 10. The van der Waals surface area contributed by atoms with E-state index in [9.17, 15) is 4.79 Å². The number of benzene rings is 2. The largest absolute Gasteiger partial charge is 0.337 e. The van der Waals surface area contributed by atoms with Crippen LogP contribution in [0.1, 0.15) is 30.7 Å². The van der Waals surface area contributed by atoms with E-state index in [-0.39, 0.29) is 11.8 Å². The molecule has 0 aliphatic carbocycles. The summed E-state index contributed by atoms with van der Waals surface area (Å²) in [6, 6.07) is 15.3. The van der Waals surface area contributed by atoms with Crippen molar-refractivity contribution in [2.45, 2.75) is 45.8 Å². The summed E-state index contributed by atoms with van der Waals surface area (Å²) in [5, 5.41) is 0.946. The standard InChI is InChI=1S/C25H30Cl2N4O/c1-18(2)24(28)25(32)30(16-20-9-6-10-22(26)23(20)27)14-12-21-15-29-17-31(21)13-11-19-7-4-3-5-8-19/h3-10,15,17-18,24H,11-14,16,28H2,1-2H3/t24-/m0/s1. The second kappa shape index (κ2) is 11.5. The lowest BCUT2D eigenvalue weighted by Crippen LogP contribution is -2.47. The summed E-state index contributed by atoms with van der Waals surface area (Å²) in [5.74, 6) is -0.0531. The quantitative estimate of drug-likeness (QED) is 0.452. The number of hydrogen-bond acceptors (Lipinski definition) is 3. The third-order valence-electron chi connectivity index (χ3n) is 5.63. The molecule has 0 aliphatic heterocycles. The van der Waals surface area contributed by atoms with E-state index in [1.165, 1.54) is 5.56 Å². The Balaban J connectivity index is 1.72. The molecule has 1 aromatic heterocycles. The third-order valence-corrected chi connectivity index (χ3v) is 6.49. The van der Waals surface area contributed by atoms with Crippen LogP contribution in [-0.4, -0.2) is 32.9 Å². The highest BCUT2D eigenvalue weighted by atomic mass is 35.5. The SMILES string of the molecule is CC(C)[C@H](N)C(=O)N(CCc1cncn1CCc1ccccc1)Cc1cccc(Cl)c1Cl. The zero-order valence-electron chi connectivity index (χ0n) is 18.5. The molecule has 3 rings (SSSR count). The molecule has 0 fully saturated rings. The monoisotopic (exact) mass is 472 g/mol. The van der Waals surface area contributed by atoms with Gasteiger partial charge in [-0.15, -0.1) is 0 Å². The Labute approximate surface area is 200 Å². The number of halogens is 2. The van der Waals surface area contributed by atoms with Crippen molar-refractivity contribution in [3.8, 4) is 0 Å². The van der Waals surface area contributed by atoms with Crippen molar-refractivity contribution in [3.63, 3.8) is 0 Å². The van der Waals surface area contributed by atoms with Gasteiger partial charge in [0, 0.05) is 37.9 Å². The van der Waals surface area contributed by atoms with Gasteiger partial charge in [0.15, 0.2) is 0 Å². The zero-order chi connectivity index (χ0) is 23.1. The first-order valence-corrected chi connectivity index (χ1v) is 11.6. The molecule has 3 aromatic rings. The van der Waals surface area contributed by atoms with E-state index < -0.39 is 6.04 Å². The molecule has 2 N–H and O–H groups in total. The number of amides is 1. The molecule has 0 aliphatic rings. The number of imidazole rings is 1.